The molecule has 1 N–H and O–H groups in total. The van der Waals surface area contributed by atoms with Crippen LogP contribution in [0, 0.1) is 0 Å². The topological polar surface area (TPSA) is 29.5 Å². The molecule has 0 radical (unpaired) electrons. The first-order valence-electron chi connectivity index (χ1n) is 4.49. The fraction of sp³-hybridized carbons (Fsp3) is 0.400. The van der Waals surface area contributed by atoms with E-state index >= 15 is 0 Å². The summed E-state index contributed by atoms with van der Waals surface area (Å²) < 4.78 is 39.9. The average Bonchev–Trinajstić information content (AvgIpc) is 2.18. The van der Waals surface area contributed by atoms with Crippen LogP contribution in [0.3, 0.4) is 0 Å². The number of rotatable bonds is 3. The first kappa shape index (κ1) is 13.3. The van der Waals surface area contributed by atoms with E-state index in [9.17, 15) is 13.2 Å². The van der Waals surface area contributed by atoms with Gasteiger partial charge in [-0.1, -0.05) is 13.0 Å². The van der Waals surface area contributed by atoms with Crippen LogP contribution in [0.25, 0.3) is 0 Å². The van der Waals surface area contributed by atoms with Gasteiger partial charge in [0.2, 0.25) is 0 Å². The van der Waals surface area contributed by atoms with Crippen molar-refractivity contribution in [2.24, 2.45) is 0 Å². The summed E-state index contributed by atoms with van der Waals surface area (Å²) in [5.74, 6) is -0.419. The van der Waals surface area contributed by atoms with Crippen molar-refractivity contribution in [1.29, 1.82) is 0 Å². The molecule has 1 aromatic carbocycles. The molecule has 16 heavy (non-hydrogen) atoms. The summed E-state index contributed by atoms with van der Waals surface area (Å²) in [6.07, 6.45) is -4.70. The fourth-order valence-electron chi connectivity index (χ4n) is 1.14. The molecule has 0 saturated heterocycles. The van der Waals surface area contributed by atoms with Crippen LogP contribution >= 0.6 is 15.9 Å². The molecule has 0 saturated carbocycles. The standard InChI is InChI=1S/C10H10BrF3O2/c1-6(5-15)7-2-3-9(8(11)4-7)16-10(12,13)14/h2-4,6,15H,5H2,1H3. The Kier molecular flexibility index (Phi) is 4.21. The normalized spacial score (nSPS) is 13.6. The minimum absolute atomic E-state index is 0.0636. The van der Waals surface area contributed by atoms with E-state index in [1.807, 2.05) is 0 Å². The molecule has 0 fully saturated rings. The Balaban J connectivity index is 2.92. The number of benzene rings is 1. The van der Waals surface area contributed by atoms with Crippen molar-refractivity contribution < 1.29 is 23.0 Å². The van der Waals surface area contributed by atoms with E-state index in [0.29, 0.717) is 0 Å². The van der Waals surface area contributed by atoms with Gasteiger partial charge in [0.1, 0.15) is 5.75 Å². The van der Waals surface area contributed by atoms with Crippen LogP contribution in [-0.4, -0.2) is 18.1 Å². The second kappa shape index (κ2) is 5.05. The zero-order valence-electron chi connectivity index (χ0n) is 8.38. The number of halogens is 4. The SMILES string of the molecule is CC(CO)c1ccc(OC(F)(F)F)c(Br)c1. The molecule has 90 valence electrons. The number of aliphatic hydroxyl groups excluding tert-OH is 1. The Morgan fingerprint density at radius 1 is 1.44 bits per heavy atom. The van der Waals surface area contributed by atoms with Crippen molar-refractivity contribution in [2.45, 2.75) is 19.2 Å². The van der Waals surface area contributed by atoms with Crippen molar-refractivity contribution >= 4 is 15.9 Å². The Bertz CT molecular complexity index is 366. The molecule has 0 spiro atoms. The van der Waals surface area contributed by atoms with E-state index in [1.54, 1.807) is 6.92 Å². The lowest BCUT2D eigenvalue weighted by molar-refractivity contribution is -0.274. The summed E-state index contributed by atoms with van der Waals surface area (Å²) in [5, 5.41) is 8.91. The van der Waals surface area contributed by atoms with E-state index in [0.717, 1.165) is 5.56 Å². The van der Waals surface area contributed by atoms with Crippen LogP contribution < -0.4 is 4.74 Å². The first-order chi connectivity index (χ1) is 7.33. The van der Waals surface area contributed by atoms with Crippen LogP contribution in [-0.2, 0) is 0 Å². The van der Waals surface area contributed by atoms with E-state index in [4.69, 9.17) is 5.11 Å². The second-order valence-corrected chi connectivity index (χ2v) is 4.18. The van der Waals surface area contributed by atoms with Crippen molar-refractivity contribution in [2.75, 3.05) is 6.61 Å². The predicted octanol–water partition coefficient (Wildman–Crippen LogP) is 3.44. The highest BCUT2D eigenvalue weighted by Gasteiger charge is 2.31. The molecule has 6 heteroatoms. The molecule has 0 amide bonds. The van der Waals surface area contributed by atoms with Gasteiger partial charge in [-0.3, -0.25) is 0 Å². The zero-order valence-corrected chi connectivity index (χ0v) is 9.97. The summed E-state index contributed by atoms with van der Waals surface area (Å²) in [7, 11) is 0. The molecule has 0 aliphatic carbocycles. The summed E-state index contributed by atoms with van der Waals surface area (Å²) in [6.45, 7) is 1.71. The first-order valence-corrected chi connectivity index (χ1v) is 5.29. The number of ether oxygens (including phenoxy) is 1. The van der Waals surface area contributed by atoms with Gasteiger partial charge in [-0.15, -0.1) is 13.2 Å². The van der Waals surface area contributed by atoms with Gasteiger partial charge in [0.25, 0.3) is 0 Å². The summed E-state index contributed by atoms with van der Waals surface area (Å²) in [5.41, 5.74) is 0.740. The Morgan fingerprint density at radius 2 is 2.06 bits per heavy atom. The highest BCUT2D eigenvalue weighted by Crippen LogP contribution is 2.32. The number of hydrogen-bond acceptors (Lipinski definition) is 2. The van der Waals surface area contributed by atoms with Crippen molar-refractivity contribution in [3.63, 3.8) is 0 Å². The fourth-order valence-corrected chi connectivity index (χ4v) is 1.61. The van der Waals surface area contributed by atoms with Gasteiger partial charge in [0.05, 0.1) is 4.47 Å². The number of alkyl halides is 3. The van der Waals surface area contributed by atoms with Gasteiger partial charge in [-0.2, -0.15) is 0 Å². The smallest absolute Gasteiger partial charge is 0.405 e. The highest BCUT2D eigenvalue weighted by atomic mass is 79.9. The minimum atomic E-state index is -4.70. The predicted molar refractivity (Wildman–Crippen MR) is 56.3 cm³/mol. The van der Waals surface area contributed by atoms with Gasteiger partial charge in [-0.25, -0.2) is 0 Å². The van der Waals surface area contributed by atoms with Crippen LogP contribution in [0.2, 0.25) is 0 Å². The van der Waals surface area contributed by atoms with Crippen LogP contribution in [0.5, 0.6) is 5.75 Å². The average molecular weight is 299 g/mol. The quantitative estimate of drug-likeness (QED) is 0.926. The summed E-state index contributed by atoms with van der Waals surface area (Å²) in [6, 6.07) is 4.22. The number of hydrogen-bond donors (Lipinski definition) is 1. The molecule has 1 rings (SSSR count). The lowest BCUT2D eigenvalue weighted by atomic mass is 10.0. The van der Waals surface area contributed by atoms with Crippen LogP contribution in [0.1, 0.15) is 18.4 Å². The molecule has 2 nitrogen and oxygen atoms in total. The minimum Gasteiger partial charge on any atom is -0.405 e. The maximum Gasteiger partial charge on any atom is 0.573 e. The zero-order chi connectivity index (χ0) is 12.3. The second-order valence-electron chi connectivity index (χ2n) is 3.32. The van der Waals surface area contributed by atoms with E-state index in [2.05, 4.69) is 20.7 Å². The molecular weight excluding hydrogens is 289 g/mol. The lowest BCUT2D eigenvalue weighted by Crippen LogP contribution is -2.17. The Morgan fingerprint density at radius 3 is 2.50 bits per heavy atom. The van der Waals surface area contributed by atoms with E-state index < -0.39 is 6.36 Å². The molecule has 0 aliphatic rings. The summed E-state index contributed by atoms with van der Waals surface area (Å²) >= 11 is 2.99. The highest BCUT2D eigenvalue weighted by molar-refractivity contribution is 9.10. The molecule has 0 heterocycles. The van der Waals surface area contributed by atoms with Crippen LogP contribution in [0.15, 0.2) is 22.7 Å². The van der Waals surface area contributed by atoms with Crippen molar-refractivity contribution in [1.82, 2.24) is 0 Å². The summed E-state index contributed by atoms with van der Waals surface area (Å²) in [4.78, 5) is 0. The van der Waals surface area contributed by atoms with Crippen LogP contribution in [0.4, 0.5) is 13.2 Å². The molecule has 1 unspecified atom stereocenters. The molecule has 0 aromatic heterocycles. The lowest BCUT2D eigenvalue weighted by Gasteiger charge is -2.13. The Labute approximate surface area is 99.2 Å². The molecular formula is C10H10BrF3O2. The maximum absolute atomic E-state index is 12.0. The Hall–Kier alpha value is -0.750. The van der Waals surface area contributed by atoms with Gasteiger partial charge in [0, 0.05) is 12.5 Å². The molecule has 0 bridgehead atoms. The third-order valence-electron chi connectivity index (χ3n) is 2.02. The third kappa shape index (κ3) is 3.68. The monoisotopic (exact) mass is 298 g/mol. The number of aliphatic hydroxyl groups is 1. The molecule has 1 atom stereocenters. The van der Waals surface area contributed by atoms with E-state index in [1.165, 1.54) is 18.2 Å². The van der Waals surface area contributed by atoms with Crippen molar-refractivity contribution in [3.8, 4) is 5.75 Å². The van der Waals surface area contributed by atoms with Gasteiger partial charge in [-0.05, 0) is 33.6 Å². The molecule has 1 aromatic rings. The third-order valence-corrected chi connectivity index (χ3v) is 2.64. The van der Waals surface area contributed by atoms with E-state index in [-0.39, 0.29) is 22.7 Å². The largest absolute Gasteiger partial charge is 0.573 e. The van der Waals surface area contributed by atoms with Gasteiger partial charge in [0.15, 0.2) is 0 Å². The maximum atomic E-state index is 12.0. The molecule has 0 aliphatic heterocycles. The van der Waals surface area contributed by atoms with Gasteiger partial charge >= 0.3 is 6.36 Å². The van der Waals surface area contributed by atoms with Crippen molar-refractivity contribution in [3.05, 3.63) is 28.2 Å². The van der Waals surface area contributed by atoms with Gasteiger partial charge < -0.3 is 9.84 Å².